The van der Waals surface area contributed by atoms with Gasteiger partial charge in [0.2, 0.25) is 0 Å². The molecule has 0 saturated heterocycles. The number of pyridine rings is 1. The molecule has 3 aromatic rings. The first-order valence-electron chi connectivity index (χ1n) is 8.16. The molecule has 1 aliphatic heterocycles. The van der Waals surface area contributed by atoms with Gasteiger partial charge in [0.1, 0.15) is 13.2 Å². The Kier molecular flexibility index (Phi) is 3.76. The first-order valence-corrected chi connectivity index (χ1v) is 8.16. The van der Waals surface area contributed by atoms with E-state index in [1.807, 2.05) is 24.6 Å². The third-order valence-corrected chi connectivity index (χ3v) is 3.98. The van der Waals surface area contributed by atoms with Crippen LogP contribution in [0, 0.1) is 0 Å². The maximum absolute atomic E-state index is 12.5. The quantitative estimate of drug-likeness (QED) is 0.794. The Bertz CT molecular complexity index is 949. The van der Waals surface area contributed by atoms with E-state index in [1.54, 1.807) is 30.6 Å². The maximum atomic E-state index is 12.5. The Morgan fingerprint density at radius 3 is 2.76 bits per heavy atom. The number of nitrogens with zero attached hydrogens (tertiary/aromatic N) is 3. The molecule has 0 aliphatic carbocycles. The molecule has 0 saturated carbocycles. The van der Waals surface area contributed by atoms with Crippen molar-refractivity contribution >= 4 is 22.6 Å². The van der Waals surface area contributed by atoms with Crippen molar-refractivity contribution in [2.24, 2.45) is 0 Å². The number of amides is 1. The predicted molar refractivity (Wildman–Crippen MR) is 93.3 cm³/mol. The van der Waals surface area contributed by atoms with Crippen LogP contribution < -0.4 is 14.8 Å². The van der Waals surface area contributed by atoms with Crippen LogP contribution >= 0.6 is 0 Å². The molecular formula is C18H18N4O3. The average Bonchev–Trinajstić information content (AvgIpc) is 3.04. The lowest BCUT2D eigenvalue weighted by atomic mass is 10.1. The summed E-state index contributed by atoms with van der Waals surface area (Å²) in [5.41, 5.74) is 1.92. The number of rotatable bonds is 3. The van der Waals surface area contributed by atoms with E-state index < -0.39 is 0 Å². The van der Waals surface area contributed by atoms with E-state index in [-0.39, 0.29) is 11.9 Å². The van der Waals surface area contributed by atoms with Gasteiger partial charge in [-0.05, 0) is 38.1 Å². The topological polar surface area (TPSA) is 78.3 Å². The van der Waals surface area contributed by atoms with Gasteiger partial charge < -0.3 is 14.8 Å². The third kappa shape index (κ3) is 2.88. The number of hydrogen-bond acceptors (Lipinski definition) is 5. The summed E-state index contributed by atoms with van der Waals surface area (Å²) in [5, 5.41) is 8.08. The molecule has 4 rings (SSSR count). The van der Waals surface area contributed by atoms with Gasteiger partial charge in [-0.2, -0.15) is 5.10 Å². The standard InChI is InChI=1S/C18H18N4O3/c1-11(2)22-17-13(9-20-22)7-14(10-19-17)21-18(23)12-3-4-15-16(8-12)25-6-5-24-15/h3-4,7-11H,5-6H2,1-2H3,(H,21,23). The molecule has 3 heterocycles. The van der Waals surface area contributed by atoms with E-state index in [1.165, 1.54) is 0 Å². The molecule has 1 amide bonds. The second-order valence-electron chi connectivity index (χ2n) is 6.13. The number of aromatic nitrogens is 3. The lowest BCUT2D eigenvalue weighted by Crippen LogP contribution is -2.17. The lowest BCUT2D eigenvalue weighted by molar-refractivity contribution is 0.102. The zero-order valence-electron chi connectivity index (χ0n) is 14.0. The number of benzene rings is 1. The van der Waals surface area contributed by atoms with Crippen LogP contribution in [-0.4, -0.2) is 33.9 Å². The first-order chi connectivity index (χ1) is 12.1. The van der Waals surface area contributed by atoms with E-state index in [9.17, 15) is 4.79 Å². The van der Waals surface area contributed by atoms with Crippen LogP contribution in [0.25, 0.3) is 11.0 Å². The van der Waals surface area contributed by atoms with Gasteiger partial charge in [-0.15, -0.1) is 0 Å². The van der Waals surface area contributed by atoms with Gasteiger partial charge in [0.25, 0.3) is 5.91 Å². The summed E-state index contributed by atoms with van der Waals surface area (Å²) in [6.45, 7) is 5.10. The van der Waals surface area contributed by atoms with Crippen molar-refractivity contribution in [2.45, 2.75) is 19.9 Å². The van der Waals surface area contributed by atoms with E-state index in [2.05, 4.69) is 15.4 Å². The van der Waals surface area contributed by atoms with E-state index in [4.69, 9.17) is 9.47 Å². The Hall–Kier alpha value is -3.09. The molecule has 0 spiro atoms. The maximum Gasteiger partial charge on any atom is 0.255 e. The van der Waals surface area contributed by atoms with E-state index >= 15 is 0 Å². The number of carbonyl (C=O) groups excluding carboxylic acids is 1. The highest BCUT2D eigenvalue weighted by Crippen LogP contribution is 2.31. The molecule has 1 aromatic carbocycles. The Morgan fingerprint density at radius 1 is 1.16 bits per heavy atom. The number of anilines is 1. The highest BCUT2D eigenvalue weighted by molar-refractivity contribution is 6.05. The fourth-order valence-corrected chi connectivity index (χ4v) is 2.77. The second kappa shape index (κ2) is 6.08. The van der Waals surface area contributed by atoms with Crippen molar-refractivity contribution in [2.75, 3.05) is 18.5 Å². The van der Waals surface area contributed by atoms with E-state index in [0.717, 1.165) is 11.0 Å². The second-order valence-corrected chi connectivity index (χ2v) is 6.13. The zero-order valence-corrected chi connectivity index (χ0v) is 14.0. The van der Waals surface area contributed by atoms with Crippen LogP contribution in [0.5, 0.6) is 11.5 Å². The normalized spacial score (nSPS) is 13.2. The van der Waals surface area contributed by atoms with Crippen molar-refractivity contribution in [3.8, 4) is 11.5 Å². The molecule has 0 unspecified atom stereocenters. The SMILES string of the molecule is CC(C)n1ncc2cc(NC(=O)c3ccc4c(c3)OCCO4)cnc21. The predicted octanol–water partition coefficient (Wildman–Crippen LogP) is 3.04. The molecule has 0 bridgehead atoms. The van der Waals surface area contributed by atoms with Crippen LogP contribution in [0.2, 0.25) is 0 Å². The Morgan fingerprint density at radius 2 is 1.96 bits per heavy atom. The number of ether oxygens (including phenoxy) is 2. The molecule has 7 heteroatoms. The van der Waals surface area contributed by atoms with Crippen LogP contribution in [0.1, 0.15) is 30.2 Å². The monoisotopic (exact) mass is 338 g/mol. The van der Waals surface area contributed by atoms with E-state index in [0.29, 0.717) is 36.0 Å². The van der Waals surface area contributed by atoms with Gasteiger partial charge in [-0.3, -0.25) is 4.79 Å². The molecule has 1 aliphatic rings. The fraction of sp³-hybridized carbons (Fsp3) is 0.278. The highest BCUT2D eigenvalue weighted by Gasteiger charge is 2.15. The first kappa shape index (κ1) is 15.4. The zero-order chi connectivity index (χ0) is 17.4. The summed E-state index contributed by atoms with van der Waals surface area (Å²) in [6, 6.07) is 7.24. The number of carbonyl (C=O) groups is 1. The number of nitrogens with one attached hydrogen (secondary N) is 1. The van der Waals surface area contributed by atoms with Gasteiger partial charge in [-0.1, -0.05) is 0 Å². The molecule has 0 radical (unpaired) electrons. The van der Waals surface area contributed by atoms with Gasteiger partial charge in [-0.25, -0.2) is 9.67 Å². The molecular weight excluding hydrogens is 320 g/mol. The third-order valence-electron chi connectivity index (χ3n) is 3.98. The summed E-state index contributed by atoms with van der Waals surface area (Å²) in [4.78, 5) is 16.9. The number of fused-ring (bicyclic) bond motifs is 2. The summed E-state index contributed by atoms with van der Waals surface area (Å²) >= 11 is 0. The van der Waals surface area contributed by atoms with Crippen molar-refractivity contribution < 1.29 is 14.3 Å². The smallest absolute Gasteiger partial charge is 0.255 e. The summed E-state index contributed by atoms with van der Waals surface area (Å²) in [5.74, 6) is 1.02. The molecule has 25 heavy (non-hydrogen) atoms. The molecule has 2 aromatic heterocycles. The molecule has 128 valence electrons. The Labute approximate surface area is 144 Å². The summed E-state index contributed by atoms with van der Waals surface area (Å²) in [6.07, 6.45) is 3.39. The van der Waals surface area contributed by atoms with Crippen LogP contribution in [0.15, 0.2) is 36.7 Å². The van der Waals surface area contributed by atoms with Crippen molar-refractivity contribution in [3.63, 3.8) is 0 Å². The van der Waals surface area contributed by atoms with Gasteiger partial charge in [0.05, 0.1) is 18.1 Å². The fourth-order valence-electron chi connectivity index (χ4n) is 2.77. The molecule has 1 N–H and O–H groups in total. The van der Waals surface area contributed by atoms with Gasteiger partial charge in [0.15, 0.2) is 17.1 Å². The minimum absolute atomic E-state index is 0.225. The average molecular weight is 338 g/mol. The number of hydrogen-bond donors (Lipinski definition) is 1. The van der Waals surface area contributed by atoms with Gasteiger partial charge >= 0.3 is 0 Å². The van der Waals surface area contributed by atoms with Crippen molar-refractivity contribution in [3.05, 3.63) is 42.2 Å². The molecule has 0 atom stereocenters. The minimum atomic E-state index is -0.227. The van der Waals surface area contributed by atoms with Gasteiger partial charge in [0, 0.05) is 17.0 Å². The lowest BCUT2D eigenvalue weighted by Gasteiger charge is -2.18. The van der Waals surface area contributed by atoms with Crippen molar-refractivity contribution in [1.29, 1.82) is 0 Å². The Balaban J connectivity index is 1.57. The summed E-state index contributed by atoms with van der Waals surface area (Å²) in [7, 11) is 0. The highest BCUT2D eigenvalue weighted by atomic mass is 16.6. The summed E-state index contributed by atoms with van der Waals surface area (Å²) < 4.78 is 12.8. The molecule has 7 nitrogen and oxygen atoms in total. The largest absolute Gasteiger partial charge is 0.486 e. The van der Waals surface area contributed by atoms with Crippen LogP contribution in [0.3, 0.4) is 0 Å². The van der Waals surface area contributed by atoms with Crippen LogP contribution in [0.4, 0.5) is 5.69 Å². The molecule has 0 fully saturated rings. The van der Waals surface area contributed by atoms with Crippen molar-refractivity contribution in [1.82, 2.24) is 14.8 Å². The minimum Gasteiger partial charge on any atom is -0.486 e. The van der Waals surface area contributed by atoms with Crippen LogP contribution in [-0.2, 0) is 0 Å².